The van der Waals surface area contributed by atoms with Crippen molar-refractivity contribution in [3.05, 3.63) is 0 Å². The van der Waals surface area contributed by atoms with Gasteiger partial charge >= 0.3 is 5.97 Å². The molecule has 0 bridgehead atoms. The number of carboxylic acids is 1. The van der Waals surface area contributed by atoms with Gasteiger partial charge in [0.1, 0.15) is 12.1 Å². The third-order valence-corrected chi connectivity index (χ3v) is 4.47. The summed E-state index contributed by atoms with van der Waals surface area (Å²) in [6.07, 6.45) is -1.27. The van der Waals surface area contributed by atoms with Crippen LogP contribution in [0.25, 0.3) is 0 Å². The summed E-state index contributed by atoms with van der Waals surface area (Å²) in [5.41, 5.74) is 0. The summed E-state index contributed by atoms with van der Waals surface area (Å²) in [6, 6.07) is -2.71. The van der Waals surface area contributed by atoms with Crippen LogP contribution in [0.5, 0.6) is 0 Å². The van der Waals surface area contributed by atoms with Crippen LogP contribution in [0.4, 0.5) is 0 Å². The molecule has 5 atom stereocenters. The Kier molecular flexibility index (Phi) is 6.51. The molecule has 2 aliphatic rings. The monoisotopic (exact) mass is 372 g/mol. The van der Waals surface area contributed by atoms with E-state index in [0.717, 1.165) is 4.90 Å². The van der Waals surface area contributed by atoms with Gasteiger partial charge in [0, 0.05) is 19.5 Å². The van der Waals surface area contributed by atoms with E-state index in [0.29, 0.717) is 6.54 Å². The Bertz CT molecular complexity index is 584. The van der Waals surface area contributed by atoms with Gasteiger partial charge in [-0.25, -0.2) is 0 Å². The number of likely N-dealkylation sites (tertiary alicyclic amines) is 1. The molecule has 2 fully saturated rings. The van der Waals surface area contributed by atoms with E-state index in [1.807, 2.05) is 0 Å². The first-order valence-electron chi connectivity index (χ1n) is 8.39. The maximum absolute atomic E-state index is 12.3. The molecule has 3 amide bonds. The third kappa shape index (κ3) is 4.90. The van der Waals surface area contributed by atoms with Crippen molar-refractivity contribution in [1.82, 2.24) is 20.9 Å². The van der Waals surface area contributed by atoms with Gasteiger partial charge in [-0.15, -0.1) is 0 Å². The molecule has 0 spiro atoms. The Morgan fingerprint density at radius 3 is 2.42 bits per heavy atom. The molecule has 2 heterocycles. The predicted octanol–water partition coefficient (Wildman–Crippen LogP) is -3.62. The van der Waals surface area contributed by atoms with E-state index in [1.54, 1.807) is 0 Å². The summed E-state index contributed by atoms with van der Waals surface area (Å²) in [5.74, 6) is -2.88. The van der Waals surface area contributed by atoms with Crippen molar-refractivity contribution >= 4 is 23.7 Å². The highest BCUT2D eigenvalue weighted by Crippen LogP contribution is 2.18. The molecule has 2 saturated heterocycles. The van der Waals surface area contributed by atoms with Crippen molar-refractivity contribution in [3.63, 3.8) is 0 Å². The highest BCUT2D eigenvalue weighted by Gasteiger charge is 2.39. The van der Waals surface area contributed by atoms with Gasteiger partial charge in [0.15, 0.2) is 0 Å². The van der Waals surface area contributed by atoms with Crippen LogP contribution in [-0.2, 0) is 19.2 Å². The maximum Gasteiger partial charge on any atom is 0.325 e. The fraction of sp³-hybridized carbons (Fsp3) is 0.733. The van der Waals surface area contributed by atoms with Crippen LogP contribution in [0.1, 0.15) is 19.8 Å². The number of β-amino-alcohol motifs (C(OH)–C–C–N with tert-alkyl or cyclic N) is 2. The minimum atomic E-state index is -1.21. The fourth-order valence-corrected chi connectivity index (χ4v) is 3.01. The summed E-state index contributed by atoms with van der Waals surface area (Å²) in [5, 5.41) is 35.6. The number of nitrogens with one attached hydrogen (secondary N) is 3. The summed E-state index contributed by atoms with van der Waals surface area (Å²) >= 11 is 0. The zero-order valence-corrected chi connectivity index (χ0v) is 14.3. The number of nitrogens with zero attached hydrogens (tertiary/aromatic N) is 1. The first kappa shape index (κ1) is 20.1. The van der Waals surface area contributed by atoms with Gasteiger partial charge in [-0.05, 0) is 13.3 Å². The molecule has 11 nitrogen and oxygen atoms in total. The maximum atomic E-state index is 12.3. The number of rotatable bonds is 6. The lowest BCUT2D eigenvalue weighted by Crippen LogP contribution is -2.52. The number of carboxylic acid groups (broad SMARTS) is 1. The Balaban J connectivity index is 1.90. The first-order chi connectivity index (χ1) is 12.2. The minimum Gasteiger partial charge on any atom is -0.480 e. The molecule has 0 radical (unpaired) electrons. The van der Waals surface area contributed by atoms with E-state index in [4.69, 9.17) is 5.11 Å². The lowest BCUT2D eigenvalue weighted by molar-refractivity contribution is -0.143. The van der Waals surface area contributed by atoms with Crippen LogP contribution < -0.4 is 16.0 Å². The third-order valence-electron chi connectivity index (χ3n) is 4.47. The predicted molar refractivity (Wildman–Crippen MR) is 86.8 cm³/mol. The van der Waals surface area contributed by atoms with Crippen LogP contribution in [-0.4, -0.2) is 93.9 Å². The summed E-state index contributed by atoms with van der Waals surface area (Å²) in [6.45, 7) is 1.15. The van der Waals surface area contributed by atoms with Crippen LogP contribution in [0.15, 0.2) is 0 Å². The molecule has 6 N–H and O–H groups in total. The smallest absolute Gasteiger partial charge is 0.325 e. The molecular formula is C15H24N4O7. The second kappa shape index (κ2) is 8.43. The van der Waals surface area contributed by atoms with Gasteiger partial charge in [-0.3, -0.25) is 19.2 Å². The molecule has 146 valence electrons. The summed E-state index contributed by atoms with van der Waals surface area (Å²) in [7, 11) is 0. The average molecular weight is 372 g/mol. The minimum absolute atomic E-state index is 0.00572. The van der Waals surface area contributed by atoms with E-state index < -0.39 is 54.0 Å². The van der Waals surface area contributed by atoms with E-state index >= 15 is 0 Å². The van der Waals surface area contributed by atoms with Crippen molar-refractivity contribution in [3.8, 4) is 0 Å². The lowest BCUT2D eigenvalue weighted by Gasteiger charge is -2.25. The zero-order valence-electron chi connectivity index (χ0n) is 14.3. The Morgan fingerprint density at radius 2 is 1.85 bits per heavy atom. The Labute approximate surface area is 149 Å². The van der Waals surface area contributed by atoms with Crippen LogP contribution in [0.2, 0.25) is 0 Å². The number of carbonyl (C=O) groups is 4. The molecule has 0 saturated carbocycles. The highest BCUT2D eigenvalue weighted by atomic mass is 16.4. The first-order valence-corrected chi connectivity index (χ1v) is 8.39. The van der Waals surface area contributed by atoms with Gasteiger partial charge in [-0.2, -0.15) is 0 Å². The van der Waals surface area contributed by atoms with Crippen molar-refractivity contribution in [2.45, 2.75) is 50.1 Å². The number of aliphatic hydroxyl groups is 2. The van der Waals surface area contributed by atoms with Crippen molar-refractivity contribution in [2.24, 2.45) is 0 Å². The molecule has 2 aliphatic heterocycles. The van der Waals surface area contributed by atoms with E-state index in [1.165, 1.54) is 6.92 Å². The second-order valence-corrected chi connectivity index (χ2v) is 6.59. The Morgan fingerprint density at radius 1 is 1.15 bits per heavy atom. The second-order valence-electron chi connectivity index (χ2n) is 6.59. The number of aliphatic hydroxyl groups excluding tert-OH is 2. The average Bonchev–Trinajstić information content (AvgIpc) is 3.18. The topological polar surface area (TPSA) is 168 Å². The molecule has 0 aliphatic carbocycles. The van der Waals surface area contributed by atoms with Crippen LogP contribution >= 0.6 is 0 Å². The number of hydrogen-bond acceptors (Lipinski definition) is 7. The SMILES string of the molecule is C[C@H](NC(=O)[C@@H]1C[C@@H](O)CN1C(=O)CNC(=O)[C@@H]1C[C@@H](O)CN1)C(=O)O. The highest BCUT2D eigenvalue weighted by molar-refractivity contribution is 5.93. The molecule has 0 aromatic carbocycles. The molecular weight excluding hydrogens is 348 g/mol. The zero-order chi connectivity index (χ0) is 19.4. The number of hydrogen-bond donors (Lipinski definition) is 6. The number of carbonyl (C=O) groups excluding carboxylic acids is 3. The fourth-order valence-electron chi connectivity index (χ4n) is 3.01. The Hall–Kier alpha value is -2.24. The van der Waals surface area contributed by atoms with Crippen molar-refractivity contribution < 1.29 is 34.5 Å². The van der Waals surface area contributed by atoms with Crippen LogP contribution in [0.3, 0.4) is 0 Å². The number of amides is 3. The van der Waals surface area contributed by atoms with E-state index in [9.17, 15) is 29.4 Å². The largest absolute Gasteiger partial charge is 0.480 e. The van der Waals surface area contributed by atoms with E-state index in [-0.39, 0.29) is 25.9 Å². The lowest BCUT2D eigenvalue weighted by atomic mass is 10.1. The van der Waals surface area contributed by atoms with Gasteiger partial charge in [0.05, 0.1) is 24.8 Å². The summed E-state index contributed by atoms with van der Waals surface area (Å²) in [4.78, 5) is 48.5. The van der Waals surface area contributed by atoms with Crippen molar-refractivity contribution in [2.75, 3.05) is 19.6 Å². The van der Waals surface area contributed by atoms with E-state index in [2.05, 4.69) is 16.0 Å². The number of aliphatic carboxylic acids is 1. The summed E-state index contributed by atoms with van der Waals surface area (Å²) < 4.78 is 0. The molecule has 0 unspecified atom stereocenters. The van der Waals surface area contributed by atoms with Gasteiger partial charge in [0.2, 0.25) is 17.7 Å². The van der Waals surface area contributed by atoms with Gasteiger partial charge in [0.25, 0.3) is 0 Å². The van der Waals surface area contributed by atoms with Crippen molar-refractivity contribution in [1.29, 1.82) is 0 Å². The molecule has 26 heavy (non-hydrogen) atoms. The standard InChI is InChI=1S/C15H24N4O7/c1-7(15(25)26)18-14(24)11-3-9(21)6-19(11)12(22)5-17-13(23)10-2-8(20)4-16-10/h7-11,16,20-21H,2-6H2,1H3,(H,17,23)(H,18,24)(H,25,26)/t7-,8+,9+,10-,11-/m0/s1. The molecule has 11 heteroatoms. The van der Waals surface area contributed by atoms with Gasteiger partial charge < -0.3 is 36.2 Å². The molecule has 0 aromatic heterocycles. The quantitative estimate of drug-likeness (QED) is 0.278. The van der Waals surface area contributed by atoms with Gasteiger partial charge in [-0.1, -0.05) is 0 Å². The molecule has 0 aromatic rings. The van der Waals surface area contributed by atoms with Crippen LogP contribution in [0, 0.1) is 0 Å². The molecule has 2 rings (SSSR count). The normalized spacial score (nSPS) is 29.3.